The number of rotatable bonds is 5. The molecule has 0 amide bonds. The van der Waals surface area contributed by atoms with E-state index in [9.17, 15) is 10.2 Å². The summed E-state index contributed by atoms with van der Waals surface area (Å²) in [6, 6.07) is 1.21. The normalized spacial score (nSPS) is 34.7. The van der Waals surface area contributed by atoms with Crippen molar-refractivity contribution in [2.75, 3.05) is 13.2 Å². The first-order valence-electron chi connectivity index (χ1n) is 6.77. The Morgan fingerprint density at radius 1 is 1.12 bits per heavy atom. The number of aliphatic hydroxyl groups is 2. The van der Waals surface area contributed by atoms with E-state index in [0.29, 0.717) is 11.8 Å². The molecule has 3 heteroatoms. The molecule has 0 spiro atoms. The van der Waals surface area contributed by atoms with Crippen LogP contribution in [0.5, 0.6) is 0 Å². The van der Waals surface area contributed by atoms with E-state index in [0.717, 1.165) is 6.42 Å². The van der Waals surface area contributed by atoms with Crippen LogP contribution >= 0.6 is 0 Å². The summed E-state index contributed by atoms with van der Waals surface area (Å²) < 4.78 is 0. The van der Waals surface area contributed by atoms with E-state index in [1.165, 1.54) is 6.04 Å². The van der Waals surface area contributed by atoms with Crippen molar-refractivity contribution in [2.45, 2.75) is 39.0 Å². The molecule has 1 fully saturated rings. The molecule has 2 nitrogen and oxygen atoms in total. The van der Waals surface area contributed by atoms with Gasteiger partial charge in [0.2, 0.25) is 0 Å². The summed E-state index contributed by atoms with van der Waals surface area (Å²) in [7, 11) is -1.00. The van der Waals surface area contributed by atoms with E-state index < -0.39 is 8.07 Å². The van der Waals surface area contributed by atoms with Gasteiger partial charge in [0.15, 0.2) is 0 Å². The highest BCUT2D eigenvalue weighted by atomic mass is 28.3. The average Bonchev–Trinajstić information content (AvgIpc) is 2.51. The maximum Gasteiger partial charge on any atom is 0.0480 e. The molecule has 4 atom stereocenters. The number of hydrogen-bond donors (Lipinski definition) is 2. The fraction of sp³-hybridized carbons (Fsp3) is 0.857. The molecule has 0 radical (unpaired) electrons. The van der Waals surface area contributed by atoms with Crippen LogP contribution in [0, 0.1) is 23.7 Å². The number of allylic oxidation sites excluding steroid dienone is 2. The van der Waals surface area contributed by atoms with Crippen molar-refractivity contribution in [1.82, 2.24) is 0 Å². The Kier molecular flexibility index (Phi) is 5.42. The lowest BCUT2D eigenvalue weighted by Gasteiger charge is -2.21. The fourth-order valence-corrected chi connectivity index (χ4v) is 3.77. The maximum absolute atomic E-state index is 9.48. The molecule has 1 rings (SSSR count). The molecule has 0 aromatic carbocycles. The van der Waals surface area contributed by atoms with Crippen LogP contribution < -0.4 is 0 Å². The Bertz CT molecular complexity index is 257. The predicted octanol–water partition coefficient (Wildman–Crippen LogP) is 2.75. The van der Waals surface area contributed by atoms with Crippen LogP contribution in [0.25, 0.3) is 0 Å². The van der Waals surface area contributed by atoms with Gasteiger partial charge in [0.05, 0.1) is 0 Å². The van der Waals surface area contributed by atoms with Crippen LogP contribution in [-0.2, 0) is 0 Å². The van der Waals surface area contributed by atoms with Crippen molar-refractivity contribution in [3.05, 3.63) is 12.2 Å². The first-order valence-corrected chi connectivity index (χ1v) is 10.5. The van der Waals surface area contributed by atoms with E-state index in [2.05, 4.69) is 38.7 Å². The lowest BCUT2D eigenvalue weighted by atomic mass is 9.88. The van der Waals surface area contributed by atoms with Gasteiger partial charge in [0, 0.05) is 21.3 Å². The third-order valence-electron chi connectivity index (χ3n) is 4.01. The topological polar surface area (TPSA) is 40.5 Å². The first kappa shape index (κ1) is 14.9. The third kappa shape index (κ3) is 4.23. The van der Waals surface area contributed by atoms with Crippen LogP contribution in [0.1, 0.15) is 13.3 Å². The summed E-state index contributed by atoms with van der Waals surface area (Å²) in [6.07, 6.45) is 5.72. The SMILES string of the molecule is C[C@@H]1C[C@H](/C=C\C[Si](C)(C)C)[C@@H](CO)[C@H]1CO. The average molecular weight is 256 g/mol. The van der Waals surface area contributed by atoms with Crippen molar-refractivity contribution < 1.29 is 10.2 Å². The van der Waals surface area contributed by atoms with Crippen LogP contribution in [0.3, 0.4) is 0 Å². The lowest BCUT2D eigenvalue weighted by Crippen LogP contribution is -2.23. The lowest BCUT2D eigenvalue weighted by molar-refractivity contribution is 0.113. The van der Waals surface area contributed by atoms with Crippen LogP contribution in [0.15, 0.2) is 12.2 Å². The Hall–Kier alpha value is -0.123. The minimum Gasteiger partial charge on any atom is -0.396 e. The highest BCUT2D eigenvalue weighted by molar-refractivity contribution is 6.76. The van der Waals surface area contributed by atoms with Crippen molar-refractivity contribution >= 4 is 8.07 Å². The minimum absolute atomic E-state index is 0.206. The molecular formula is C14H28O2Si. The van der Waals surface area contributed by atoms with Crippen molar-refractivity contribution in [1.29, 1.82) is 0 Å². The van der Waals surface area contributed by atoms with E-state index in [1.54, 1.807) is 0 Å². The molecule has 17 heavy (non-hydrogen) atoms. The van der Waals surface area contributed by atoms with Crippen LogP contribution in [-0.4, -0.2) is 31.5 Å². The van der Waals surface area contributed by atoms with Crippen LogP contribution in [0.4, 0.5) is 0 Å². The summed E-state index contributed by atoms with van der Waals surface area (Å²) >= 11 is 0. The van der Waals surface area contributed by atoms with Gasteiger partial charge in [-0.2, -0.15) is 0 Å². The van der Waals surface area contributed by atoms with E-state index in [-0.39, 0.29) is 25.0 Å². The highest BCUT2D eigenvalue weighted by Crippen LogP contribution is 2.41. The van der Waals surface area contributed by atoms with Gasteiger partial charge in [-0.15, -0.1) is 0 Å². The largest absolute Gasteiger partial charge is 0.396 e. The summed E-state index contributed by atoms with van der Waals surface area (Å²) in [5.74, 6) is 1.52. The van der Waals surface area contributed by atoms with Crippen LogP contribution in [0.2, 0.25) is 25.7 Å². The first-order chi connectivity index (χ1) is 7.89. The molecule has 2 N–H and O–H groups in total. The maximum atomic E-state index is 9.48. The van der Waals surface area contributed by atoms with Gasteiger partial charge in [-0.05, 0) is 36.1 Å². The van der Waals surface area contributed by atoms with Crippen molar-refractivity contribution in [3.63, 3.8) is 0 Å². The minimum atomic E-state index is -1.00. The number of aliphatic hydroxyl groups excluding tert-OH is 2. The molecule has 1 aliphatic rings. The molecule has 0 aromatic rings. The van der Waals surface area contributed by atoms with Crippen molar-refractivity contribution in [3.8, 4) is 0 Å². The molecule has 100 valence electrons. The van der Waals surface area contributed by atoms with E-state index in [1.807, 2.05) is 0 Å². The van der Waals surface area contributed by atoms with E-state index >= 15 is 0 Å². The van der Waals surface area contributed by atoms with Gasteiger partial charge in [-0.25, -0.2) is 0 Å². The molecule has 0 unspecified atom stereocenters. The zero-order chi connectivity index (χ0) is 13.1. The Labute approximate surface area is 107 Å². The van der Waals surface area contributed by atoms with Gasteiger partial charge in [0.25, 0.3) is 0 Å². The van der Waals surface area contributed by atoms with Gasteiger partial charge < -0.3 is 10.2 Å². The predicted molar refractivity (Wildman–Crippen MR) is 75.7 cm³/mol. The Morgan fingerprint density at radius 3 is 2.18 bits per heavy atom. The monoisotopic (exact) mass is 256 g/mol. The fourth-order valence-electron chi connectivity index (χ4n) is 2.92. The summed E-state index contributed by atoms with van der Waals surface area (Å²) in [5.41, 5.74) is 0. The summed E-state index contributed by atoms with van der Waals surface area (Å²) in [4.78, 5) is 0. The molecule has 0 heterocycles. The Morgan fingerprint density at radius 2 is 1.71 bits per heavy atom. The second kappa shape index (κ2) is 6.16. The molecule has 0 bridgehead atoms. The molecule has 1 saturated carbocycles. The Balaban J connectivity index is 2.59. The smallest absolute Gasteiger partial charge is 0.0480 e. The van der Waals surface area contributed by atoms with Gasteiger partial charge in [-0.3, -0.25) is 0 Å². The van der Waals surface area contributed by atoms with Gasteiger partial charge in [0.1, 0.15) is 0 Å². The molecule has 0 aromatic heterocycles. The van der Waals surface area contributed by atoms with E-state index in [4.69, 9.17) is 0 Å². The second-order valence-corrected chi connectivity index (χ2v) is 12.3. The second-order valence-electron chi connectivity index (χ2n) is 6.76. The third-order valence-corrected chi connectivity index (χ3v) is 5.47. The molecule has 1 aliphatic carbocycles. The highest BCUT2D eigenvalue weighted by Gasteiger charge is 2.38. The zero-order valence-electron chi connectivity index (χ0n) is 11.7. The summed E-state index contributed by atoms with van der Waals surface area (Å²) in [5, 5.41) is 18.9. The molecule has 0 saturated heterocycles. The molecule has 0 aliphatic heterocycles. The van der Waals surface area contributed by atoms with Gasteiger partial charge in [-0.1, -0.05) is 38.7 Å². The quantitative estimate of drug-likeness (QED) is 0.586. The van der Waals surface area contributed by atoms with Gasteiger partial charge >= 0.3 is 0 Å². The number of hydrogen-bond acceptors (Lipinski definition) is 2. The zero-order valence-corrected chi connectivity index (χ0v) is 12.7. The molecular weight excluding hydrogens is 228 g/mol. The standard InChI is InChI=1S/C14H28O2Si/c1-11-8-12(6-5-7-17(2,3)4)14(10-16)13(11)9-15/h5-6,11-16H,7-10H2,1-4H3/b6-5-/t11-,12+,13+,14-/m1/s1. The van der Waals surface area contributed by atoms with Crippen molar-refractivity contribution in [2.24, 2.45) is 23.7 Å². The summed E-state index contributed by atoms with van der Waals surface area (Å²) in [6.45, 7) is 9.72.